The summed E-state index contributed by atoms with van der Waals surface area (Å²) in [5.74, 6) is 3.71. The van der Waals surface area contributed by atoms with Crippen LogP contribution in [0.2, 0.25) is 0 Å². The number of thioether (sulfide) groups is 2. The lowest BCUT2D eigenvalue weighted by atomic mass is 9.92. The molecule has 0 bridgehead atoms. The summed E-state index contributed by atoms with van der Waals surface area (Å²) in [7, 11) is 0. The van der Waals surface area contributed by atoms with Crippen molar-refractivity contribution < 1.29 is 9.53 Å². The summed E-state index contributed by atoms with van der Waals surface area (Å²) < 4.78 is 6.26. The lowest BCUT2D eigenvalue weighted by Gasteiger charge is -2.34. The average molecular weight is 381 g/mol. The Balaban J connectivity index is 1.48. The van der Waals surface area contributed by atoms with E-state index in [1.807, 2.05) is 47.5 Å². The quantitative estimate of drug-likeness (QED) is 0.847. The smallest absolute Gasteiger partial charge is 0.260 e. The van der Waals surface area contributed by atoms with Crippen molar-refractivity contribution >= 4 is 29.4 Å². The number of rotatable bonds is 5. The van der Waals surface area contributed by atoms with Gasteiger partial charge in [0.25, 0.3) is 5.91 Å². The highest BCUT2D eigenvalue weighted by molar-refractivity contribution is 8.16. The van der Waals surface area contributed by atoms with Gasteiger partial charge in [0.1, 0.15) is 5.75 Å². The summed E-state index contributed by atoms with van der Waals surface area (Å²) in [5, 5.41) is 0. The van der Waals surface area contributed by atoms with E-state index in [0.29, 0.717) is 10.5 Å². The molecule has 0 aromatic heterocycles. The number of carbonyl (C=O) groups excluding carboxylic acids is 1. The minimum atomic E-state index is 0.0628. The molecule has 1 aromatic carbocycles. The van der Waals surface area contributed by atoms with Gasteiger partial charge in [-0.15, -0.1) is 23.5 Å². The third-order valence-corrected chi connectivity index (χ3v) is 7.91. The van der Waals surface area contributed by atoms with Gasteiger partial charge in [0.2, 0.25) is 0 Å². The molecule has 2 unspecified atom stereocenters. The van der Waals surface area contributed by atoms with Gasteiger partial charge in [-0.05, 0) is 61.3 Å². The van der Waals surface area contributed by atoms with E-state index in [-0.39, 0.29) is 18.6 Å². The fourth-order valence-corrected chi connectivity index (χ4v) is 6.20. The van der Waals surface area contributed by atoms with Crippen molar-refractivity contribution in [2.45, 2.75) is 36.8 Å². The number of hydrogen-bond donors (Lipinski definition) is 1. The first-order valence-electron chi connectivity index (χ1n) is 9.13. The Morgan fingerprint density at radius 3 is 2.68 bits per heavy atom. The molecule has 1 aromatic rings. The molecule has 0 aliphatic carbocycles. The van der Waals surface area contributed by atoms with Crippen LogP contribution < -0.4 is 10.5 Å². The van der Waals surface area contributed by atoms with E-state index in [2.05, 4.69) is 12.1 Å². The Morgan fingerprint density at radius 1 is 1.28 bits per heavy atom. The SMILES string of the molecule is CC(N)C1CCCN(C(=O)COc2ccc(C3SCCCS3)cc2)C1. The minimum absolute atomic E-state index is 0.0628. The summed E-state index contributed by atoms with van der Waals surface area (Å²) >= 11 is 4.03. The van der Waals surface area contributed by atoms with E-state index < -0.39 is 0 Å². The van der Waals surface area contributed by atoms with Gasteiger partial charge in [-0.1, -0.05) is 12.1 Å². The van der Waals surface area contributed by atoms with Crippen molar-refractivity contribution in [2.75, 3.05) is 31.2 Å². The molecule has 138 valence electrons. The van der Waals surface area contributed by atoms with Crippen LogP contribution in [-0.4, -0.2) is 48.1 Å². The lowest BCUT2D eigenvalue weighted by Crippen LogP contribution is -2.46. The molecule has 25 heavy (non-hydrogen) atoms. The van der Waals surface area contributed by atoms with Gasteiger partial charge < -0.3 is 15.4 Å². The van der Waals surface area contributed by atoms with Crippen molar-refractivity contribution in [1.29, 1.82) is 0 Å². The van der Waals surface area contributed by atoms with E-state index in [1.54, 1.807) is 0 Å². The first-order valence-corrected chi connectivity index (χ1v) is 11.2. The molecule has 2 heterocycles. The molecule has 1 amide bonds. The summed E-state index contributed by atoms with van der Waals surface area (Å²) in [5.41, 5.74) is 7.33. The molecule has 2 atom stereocenters. The Morgan fingerprint density at radius 2 is 2.00 bits per heavy atom. The van der Waals surface area contributed by atoms with E-state index in [4.69, 9.17) is 10.5 Å². The zero-order valence-electron chi connectivity index (χ0n) is 14.9. The molecule has 3 rings (SSSR count). The normalized spacial score (nSPS) is 23.3. The number of hydrogen-bond acceptors (Lipinski definition) is 5. The largest absolute Gasteiger partial charge is 0.484 e. The molecule has 0 saturated carbocycles. The molecule has 2 aliphatic rings. The van der Waals surface area contributed by atoms with Crippen LogP contribution in [0, 0.1) is 5.92 Å². The third kappa shape index (κ3) is 5.31. The molecule has 0 spiro atoms. The molecule has 2 saturated heterocycles. The van der Waals surface area contributed by atoms with Gasteiger partial charge in [0.15, 0.2) is 6.61 Å². The molecule has 2 aliphatic heterocycles. The van der Waals surface area contributed by atoms with Crippen LogP contribution in [0.3, 0.4) is 0 Å². The Kier molecular flexibility index (Phi) is 6.96. The zero-order chi connectivity index (χ0) is 17.6. The van der Waals surface area contributed by atoms with Crippen molar-refractivity contribution in [1.82, 2.24) is 4.90 Å². The molecule has 4 nitrogen and oxygen atoms in total. The Bertz CT molecular complexity index is 559. The van der Waals surface area contributed by atoms with Crippen LogP contribution >= 0.6 is 23.5 Å². The van der Waals surface area contributed by atoms with Gasteiger partial charge in [0, 0.05) is 19.1 Å². The standard InChI is InChI=1S/C19H28N2O2S2/c1-14(20)16-4-2-9-21(12-16)18(22)13-23-17-7-5-15(6-8-17)19-24-10-3-11-25-19/h5-8,14,16,19H,2-4,9-13,20H2,1H3. The fraction of sp³-hybridized carbons (Fsp3) is 0.632. The predicted molar refractivity (Wildman–Crippen MR) is 107 cm³/mol. The summed E-state index contributed by atoms with van der Waals surface area (Å²) in [4.78, 5) is 14.3. The van der Waals surface area contributed by atoms with Crippen LogP contribution in [0.5, 0.6) is 5.75 Å². The fourth-order valence-electron chi connectivity index (χ4n) is 3.30. The molecule has 6 heteroatoms. The van der Waals surface area contributed by atoms with E-state index in [9.17, 15) is 4.79 Å². The summed E-state index contributed by atoms with van der Waals surface area (Å²) in [6, 6.07) is 8.36. The monoisotopic (exact) mass is 380 g/mol. The maximum Gasteiger partial charge on any atom is 0.260 e. The second kappa shape index (κ2) is 9.19. The van der Waals surface area contributed by atoms with Crippen LogP contribution in [0.1, 0.15) is 36.3 Å². The lowest BCUT2D eigenvalue weighted by molar-refractivity contribution is -0.135. The molecular formula is C19H28N2O2S2. The van der Waals surface area contributed by atoms with Crippen molar-refractivity contribution in [3.05, 3.63) is 29.8 Å². The number of benzene rings is 1. The maximum absolute atomic E-state index is 12.4. The third-order valence-electron chi connectivity index (χ3n) is 4.90. The maximum atomic E-state index is 12.4. The van der Waals surface area contributed by atoms with E-state index in [0.717, 1.165) is 31.7 Å². The van der Waals surface area contributed by atoms with E-state index >= 15 is 0 Å². The Hall–Kier alpha value is -0.850. The predicted octanol–water partition coefficient (Wildman–Crippen LogP) is 3.52. The molecular weight excluding hydrogens is 352 g/mol. The van der Waals surface area contributed by atoms with Gasteiger partial charge in [-0.3, -0.25) is 4.79 Å². The molecule has 2 fully saturated rings. The van der Waals surface area contributed by atoms with Crippen molar-refractivity contribution in [3.63, 3.8) is 0 Å². The number of nitrogens with two attached hydrogens (primary N) is 1. The van der Waals surface area contributed by atoms with E-state index in [1.165, 1.54) is 23.5 Å². The van der Waals surface area contributed by atoms with Gasteiger partial charge in [-0.2, -0.15) is 0 Å². The number of piperidine rings is 1. The zero-order valence-corrected chi connectivity index (χ0v) is 16.5. The first kappa shape index (κ1) is 18.9. The van der Waals surface area contributed by atoms with Gasteiger partial charge in [-0.25, -0.2) is 0 Å². The number of likely N-dealkylation sites (tertiary alicyclic amines) is 1. The Labute approximate surface area is 159 Å². The molecule has 0 radical (unpaired) electrons. The second-order valence-corrected chi connectivity index (χ2v) is 9.61. The van der Waals surface area contributed by atoms with Gasteiger partial charge in [0.05, 0.1) is 4.58 Å². The van der Waals surface area contributed by atoms with Crippen molar-refractivity contribution in [3.8, 4) is 5.75 Å². The highest BCUT2D eigenvalue weighted by Crippen LogP contribution is 2.43. The topological polar surface area (TPSA) is 55.6 Å². The van der Waals surface area contributed by atoms with Crippen LogP contribution in [0.25, 0.3) is 0 Å². The van der Waals surface area contributed by atoms with Crippen LogP contribution in [0.15, 0.2) is 24.3 Å². The highest BCUT2D eigenvalue weighted by Gasteiger charge is 2.26. The number of carbonyl (C=O) groups is 1. The van der Waals surface area contributed by atoms with Crippen LogP contribution in [-0.2, 0) is 4.79 Å². The second-order valence-electron chi connectivity index (χ2n) is 6.89. The average Bonchev–Trinajstić information content (AvgIpc) is 2.67. The van der Waals surface area contributed by atoms with Gasteiger partial charge >= 0.3 is 0 Å². The summed E-state index contributed by atoms with van der Waals surface area (Å²) in [6.45, 7) is 3.72. The number of amides is 1. The van der Waals surface area contributed by atoms with Crippen LogP contribution in [0.4, 0.5) is 0 Å². The summed E-state index contributed by atoms with van der Waals surface area (Å²) in [6.07, 6.45) is 3.44. The van der Waals surface area contributed by atoms with Crippen molar-refractivity contribution in [2.24, 2.45) is 11.7 Å². The highest BCUT2D eigenvalue weighted by atomic mass is 32.2. The number of nitrogens with zero attached hydrogens (tertiary/aromatic N) is 1. The molecule has 2 N–H and O–H groups in total. The first-order chi connectivity index (χ1) is 12.1. The minimum Gasteiger partial charge on any atom is -0.484 e. The number of ether oxygens (including phenoxy) is 1.